The highest BCUT2D eigenvalue weighted by molar-refractivity contribution is 7.98. The Labute approximate surface area is 172 Å². The molecule has 5 heteroatoms. The van der Waals surface area contributed by atoms with Crippen molar-refractivity contribution in [3.63, 3.8) is 0 Å². The van der Waals surface area contributed by atoms with Crippen LogP contribution in [0.5, 0.6) is 0 Å². The van der Waals surface area contributed by atoms with Gasteiger partial charge in [-0.1, -0.05) is 48.0 Å². The standard InChI is InChI=1S/C22H30ClN3S/c23-22-8-6-21(7-9-22)20-4-2-19(3-5-20)18-27-17-16-26-12-1-11-25(13-10-24)14-15-26/h2-9H,1,10-18,24H2. The topological polar surface area (TPSA) is 32.5 Å². The van der Waals surface area contributed by atoms with Crippen molar-refractivity contribution in [2.24, 2.45) is 5.73 Å². The molecule has 27 heavy (non-hydrogen) atoms. The molecule has 2 N–H and O–H groups in total. The Bertz CT molecular complexity index is 675. The van der Waals surface area contributed by atoms with Crippen molar-refractivity contribution in [3.8, 4) is 11.1 Å². The lowest BCUT2D eigenvalue weighted by Gasteiger charge is -2.21. The molecule has 0 amide bonds. The molecule has 3 nitrogen and oxygen atoms in total. The second-order valence-corrected chi connectivity index (χ2v) is 8.62. The molecule has 0 radical (unpaired) electrons. The van der Waals surface area contributed by atoms with Gasteiger partial charge in [0.05, 0.1) is 0 Å². The van der Waals surface area contributed by atoms with Crippen LogP contribution in [0.4, 0.5) is 0 Å². The second-order valence-electron chi connectivity index (χ2n) is 7.08. The van der Waals surface area contributed by atoms with Crippen LogP contribution in [0.1, 0.15) is 12.0 Å². The molecule has 0 aliphatic carbocycles. The van der Waals surface area contributed by atoms with Crippen LogP contribution >= 0.6 is 23.4 Å². The number of rotatable bonds is 8. The van der Waals surface area contributed by atoms with Gasteiger partial charge in [0.25, 0.3) is 0 Å². The van der Waals surface area contributed by atoms with Gasteiger partial charge in [-0.2, -0.15) is 11.8 Å². The van der Waals surface area contributed by atoms with Crippen molar-refractivity contribution >= 4 is 23.4 Å². The van der Waals surface area contributed by atoms with Crippen LogP contribution in [0.15, 0.2) is 48.5 Å². The average molecular weight is 404 g/mol. The Morgan fingerprint density at radius 2 is 1.41 bits per heavy atom. The van der Waals surface area contributed by atoms with Crippen LogP contribution in [-0.2, 0) is 5.75 Å². The molecule has 146 valence electrons. The smallest absolute Gasteiger partial charge is 0.0406 e. The van der Waals surface area contributed by atoms with Gasteiger partial charge in [0.15, 0.2) is 0 Å². The van der Waals surface area contributed by atoms with Gasteiger partial charge in [-0.05, 0) is 48.3 Å². The zero-order valence-corrected chi connectivity index (χ0v) is 17.5. The monoisotopic (exact) mass is 403 g/mol. The second kappa shape index (κ2) is 11.1. The van der Waals surface area contributed by atoms with Gasteiger partial charge in [0.2, 0.25) is 0 Å². The molecule has 1 heterocycles. The predicted octanol–water partition coefficient (Wildman–Crippen LogP) is 4.21. The van der Waals surface area contributed by atoms with Crippen LogP contribution in [0.3, 0.4) is 0 Å². The maximum Gasteiger partial charge on any atom is 0.0406 e. The van der Waals surface area contributed by atoms with Crippen molar-refractivity contribution in [3.05, 3.63) is 59.1 Å². The van der Waals surface area contributed by atoms with E-state index in [9.17, 15) is 0 Å². The molecule has 0 saturated carbocycles. The number of thioether (sulfide) groups is 1. The zero-order valence-electron chi connectivity index (χ0n) is 15.9. The van der Waals surface area contributed by atoms with Crippen molar-refractivity contribution in [1.82, 2.24) is 9.80 Å². The van der Waals surface area contributed by atoms with Gasteiger partial charge in [0, 0.05) is 49.3 Å². The molecular formula is C22H30ClN3S. The van der Waals surface area contributed by atoms with Crippen LogP contribution in [0.25, 0.3) is 11.1 Å². The van der Waals surface area contributed by atoms with E-state index in [1.54, 1.807) is 0 Å². The minimum Gasteiger partial charge on any atom is -0.329 e. The summed E-state index contributed by atoms with van der Waals surface area (Å²) in [4.78, 5) is 5.10. The number of hydrogen-bond donors (Lipinski definition) is 1. The van der Waals surface area contributed by atoms with Crippen LogP contribution in [-0.4, -0.2) is 61.4 Å². The maximum absolute atomic E-state index is 5.97. The predicted molar refractivity (Wildman–Crippen MR) is 120 cm³/mol. The van der Waals surface area contributed by atoms with Gasteiger partial charge in [-0.3, -0.25) is 0 Å². The summed E-state index contributed by atoms with van der Waals surface area (Å²) in [5.74, 6) is 2.27. The Kier molecular flexibility index (Phi) is 8.49. The summed E-state index contributed by atoms with van der Waals surface area (Å²) in [5, 5.41) is 0.781. The summed E-state index contributed by atoms with van der Waals surface area (Å²) in [5.41, 5.74) is 9.53. The lowest BCUT2D eigenvalue weighted by molar-refractivity contribution is 0.269. The quantitative estimate of drug-likeness (QED) is 0.669. The van der Waals surface area contributed by atoms with Gasteiger partial charge in [-0.25, -0.2) is 0 Å². The third-order valence-corrected chi connectivity index (χ3v) is 6.34. The summed E-state index contributed by atoms with van der Waals surface area (Å²) in [6, 6.07) is 16.9. The van der Waals surface area contributed by atoms with Crippen molar-refractivity contribution in [2.75, 3.05) is 51.6 Å². The molecule has 0 bridgehead atoms. The average Bonchev–Trinajstić information content (AvgIpc) is 2.92. The van der Waals surface area contributed by atoms with Gasteiger partial charge in [-0.15, -0.1) is 0 Å². The first-order valence-electron chi connectivity index (χ1n) is 9.82. The lowest BCUT2D eigenvalue weighted by atomic mass is 10.0. The number of benzene rings is 2. The molecule has 1 aliphatic rings. The van der Waals surface area contributed by atoms with E-state index in [0.717, 1.165) is 30.4 Å². The Morgan fingerprint density at radius 3 is 2.04 bits per heavy atom. The number of nitrogens with zero attached hydrogens (tertiary/aromatic N) is 2. The number of nitrogens with two attached hydrogens (primary N) is 1. The largest absolute Gasteiger partial charge is 0.329 e. The third-order valence-electron chi connectivity index (χ3n) is 5.08. The number of halogens is 1. The molecule has 0 spiro atoms. The fourth-order valence-electron chi connectivity index (χ4n) is 3.47. The van der Waals surface area contributed by atoms with E-state index in [2.05, 4.69) is 46.2 Å². The summed E-state index contributed by atoms with van der Waals surface area (Å²) < 4.78 is 0. The van der Waals surface area contributed by atoms with E-state index in [-0.39, 0.29) is 0 Å². The summed E-state index contributed by atoms with van der Waals surface area (Å²) >= 11 is 8.00. The maximum atomic E-state index is 5.97. The van der Waals surface area contributed by atoms with Crippen LogP contribution < -0.4 is 5.73 Å². The summed E-state index contributed by atoms with van der Waals surface area (Å²) in [7, 11) is 0. The molecule has 1 fully saturated rings. The molecule has 0 unspecified atom stereocenters. The Balaban J connectivity index is 1.38. The van der Waals surface area contributed by atoms with Crippen molar-refractivity contribution in [1.29, 1.82) is 0 Å². The van der Waals surface area contributed by atoms with Crippen LogP contribution in [0, 0.1) is 0 Å². The molecular weight excluding hydrogens is 374 g/mol. The normalized spacial score (nSPS) is 16.4. The number of hydrogen-bond acceptors (Lipinski definition) is 4. The van der Waals surface area contributed by atoms with E-state index in [1.165, 1.54) is 55.0 Å². The first-order valence-corrected chi connectivity index (χ1v) is 11.4. The Morgan fingerprint density at radius 1 is 0.815 bits per heavy atom. The van der Waals surface area contributed by atoms with Crippen molar-refractivity contribution in [2.45, 2.75) is 12.2 Å². The minimum absolute atomic E-state index is 0.770. The van der Waals surface area contributed by atoms with E-state index < -0.39 is 0 Å². The highest BCUT2D eigenvalue weighted by atomic mass is 35.5. The molecule has 1 aliphatic heterocycles. The molecule has 0 aromatic heterocycles. The zero-order chi connectivity index (χ0) is 18.9. The summed E-state index contributed by atoms with van der Waals surface area (Å²) in [6.45, 7) is 7.74. The van der Waals surface area contributed by atoms with E-state index in [1.807, 2.05) is 23.9 Å². The molecule has 2 aromatic rings. The first kappa shape index (κ1) is 20.7. The molecule has 0 atom stereocenters. The highest BCUT2D eigenvalue weighted by Gasteiger charge is 2.13. The van der Waals surface area contributed by atoms with E-state index >= 15 is 0 Å². The van der Waals surface area contributed by atoms with Gasteiger partial charge >= 0.3 is 0 Å². The van der Waals surface area contributed by atoms with Gasteiger partial charge < -0.3 is 15.5 Å². The lowest BCUT2D eigenvalue weighted by Crippen LogP contribution is -2.34. The van der Waals surface area contributed by atoms with E-state index in [4.69, 9.17) is 17.3 Å². The molecule has 1 saturated heterocycles. The molecule has 2 aromatic carbocycles. The molecule has 3 rings (SSSR count). The van der Waals surface area contributed by atoms with Gasteiger partial charge in [0.1, 0.15) is 0 Å². The minimum atomic E-state index is 0.770. The van der Waals surface area contributed by atoms with E-state index in [0.29, 0.717) is 0 Å². The summed E-state index contributed by atoms with van der Waals surface area (Å²) in [6.07, 6.45) is 1.26. The Hall–Kier alpha value is -1.04. The first-order chi connectivity index (χ1) is 13.2. The fourth-order valence-corrected chi connectivity index (χ4v) is 4.56. The van der Waals surface area contributed by atoms with Crippen LogP contribution in [0.2, 0.25) is 5.02 Å². The highest BCUT2D eigenvalue weighted by Crippen LogP contribution is 2.23. The third kappa shape index (κ3) is 6.81. The van der Waals surface area contributed by atoms with Crippen molar-refractivity contribution < 1.29 is 0 Å². The fraction of sp³-hybridized carbons (Fsp3) is 0.455. The SMILES string of the molecule is NCCN1CCCN(CCSCc2ccc(-c3ccc(Cl)cc3)cc2)CC1.